The molecular weight excluding hydrogens is 466 g/mol. The number of rotatable bonds is 10. The predicted molar refractivity (Wildman–Crippen MR) is 141 cm³/mol. The Labute approximate surface area is 215 Å². The third-order valence-electron chi connectivity index (χ3n) is 5.81. The lowest BCUT2D eigenvalue weighted by molar-refractivity contribution is -0.137. The van der Waals surface area contributed by atoms with Gasteiger partial charge in [-0.05, 0) is 48.4 Å². The van der Waals surface area contributed by atoms with E-state index in [0.717, 1.165) is 16.7 Å². The van der Waals surface area contributed by atoms with Gasteiger partial charge >= 0.3 is 5.97 Å². The monoisotopic (exact) mass is 493 g/mol. The molecule has 0 aliphatic carbocycles. The molecule has 0 unspecified atom stereocenters. The fraction of sp³-hybridized carbons (Fsp3) is 0.133. The molecule has 186 valence electrons. The molecule has 4 aromatic rings. The number of carboxylic acids is 1. The van der Waals surface area contributed by atoms with E-state index in [1.54, 1.807) is 18.2 Å². The Morgan fingerprint density at radius 1 is 0.973 bits per heavy atom. The van der Waals surface area contributed by atoms with Gasteiger partial charge in [0.15, 0.2) is 0 Å². The van der Waals surface area contributed by atoms with Gasteiger partial charge in [0, 0.05) is 31.0 Å². The van der Waals surface area contributed by atoms with E-state index in [2.05, 4.69) is 4.98 Å². The third-order valence-corrected chi connectivity index (χ3v) is 5.81. The van der Waals surface area contributed by atoms with Crippen molar-refractivity contribution in [2.24, 2.45) is 0 Å². The molecule has 1 N–H and O–H groups in total. The van der Waals surface area contributed by atoms with Gasteiger partial charge in [-0.3, -0.25) is 19.4 Å². The second-order valence-corrected chi connectivity index (χ2v) is 8.66. The van der Waals surface area contributed by atoms with Crippen LogP contribution < -0.4 is 0 Å². The number of benzene rings is 2. The van der Waals surface area contributed by atoms with Crippen molar-refractivity contribution < 1.29 is 19.5 Å². The predicted octanol–water partition coefficient (Wildman–Crippen LogP) is 4.86. The Kier molecular flexibility index (Phi) is 8.05. The number of amides is 1. The molecule has 37 heavy (non-hydrogen) atoms. The number of carbonyl (C=O) groups excluding carboxylic acids is 2. The van der Waals surface area contributed by atoms with E-state index < -0.39 is 18.4 Å². The summed E-state index contributed by atoms with van der Waals surface area (Å²) >= 11 is 0. The Morgan fingerprint density at radius 2 is 1.78 bits per heavy atom. The topological polar surface area (TPSA) is 92.5 Å². The van der Waals surface area contributed by atoms with E-state index in [1.165, 1.54) is 11.1 Å². The first-order valence-corrected chi connectivity index (χ1v) is 11.8. The van der Waals surface area contributed by atoms with Crippen LogP contribution in [0.3, 0.4) is 0 Å². The summed E-state index contributed by atoms with van der Waals surface area (Å²) in [6.07, 6.45) is 7.27. The molecule has 2 heterocycles. The lowest BCUT2D eigenvalue weighted by Gasteiger charge is -2.20. The Morgan fingerprint density at radius 3 is 2.51 bits per heavy atom. The maximum absolute atomic E-state index is 12.9. The molecule has 0 aliphatic rings. The van der Waals surface area contributed by atoms with E-state index >= 15 is 0 Å². The van der Waals surface area contributed by atoms with Crippen LogP contribution in [-0.2, 0) is 17.9 Å². The standard InChI is InChI=1S/C30H27N3O4/c1-22-12-14-25(15-13-22)29(36)27-11-6-18-32(27)17-5-9-23-7-4-8-24(19-23)20-33(21-28(34)35)30(37)26-10-2-3-16-31-26/h2-16,18-19H,17,20-21H2,1H3,(H,34,35)/b9-5+. The molecule has 0 radical (unpaired) electrons. The fourth-order valence-electron chi connectivity index (χ4n) is 3.96. The number of carbonyl (C=O) groups is 3. The van der Waals surface area contributed by atoms with Gasteiger partial charge in [0.25, 0.3) is 5.91 Å². The molecule has 0 saturated heterocycles. The van der Waals surface area contributed by atoms with Crippen molar-refractivity contribution in [2.75, 3.05) is 6.54 Å². The number of ketones is 1. The Bertz CT molecular complexity index is 1420. The average Bonchev–Trinajstić information content (AvgIpc) is 3.37. The number of hydrogen-bond donors (Lipinski definition) is 1. The number of allylic oxidation sites excluding steroid dienone is 1. The molecule has 0 bridgehead atoms. The molecule has 0 saturated carbocycles. The van der Waals surface area contributed by atoms with E-state index in [9.17, 15) is 19.5 Å². The molecule has 0 fully saturated rings. The summed E-state index contributed by atoms with van der Waals surface area (Å²) in [7, 11) is 0. The van der Waals surface area contributed by atoms with Gasteiger partial charge in [-0.2, -0.15) is 0 Å². The van der Waals surface area contributed by atoms with E-state index in [-0.39, 0.29) is 18.0 Å². The zero-order valence-corrected chi connectivity index (χ0v) is 20.4. The number of pyridine rings is 1. The van der Waals surface area contributed by atoms with Crippen LogP contribution in [0.1, 0.15) is 43.2 Å². The molecule has 0 aliphatic heterocycles. The minimum atomic E-state index is -1.09. The fourth-order valence-corrected chi connectivity index (χ4v) is 3.96. The number of aryl methyl sites for hydroxylation is 1. The zero-order chi connectivity index (χ0) is 26.2. The third kappa shape index (κ3) is 6.67. The lowest BCUT2D eigenvalue weighted by Crippen LogP contribution is -2.35. The van der Waals surface area contributed by atoms with Crippen molar-refractivity contribution in [2.45, 2.75) is 20.0 Å². The van der Waals surface area contributed by atoms with Gasteiger partial charge in [-0.15, -0.1) is 0 Å². The van der Waals surface area contributed by atoms with Crippen molar-refractivity contribution in [1.29, 1.82) is 0 Å². The number of nitrogens with zero attached hydrogens (tertiary/aromatic N) is 3. The molecule has 1 amide bonds. The van der Waals surface area contributed by atoms with Crippen LogP contribution >= 0.6 is 0 Å². The van der Waals surface area contributed by atoms with Gasteiger partial charge in [-0.1, -0.05) is 66.2 Å². The molecule has 0 atom stereocenters. The average molecular weight is 494 g/mol. The molecule has 7 heteroatoms. The van der Waals surface area contributed by atoms with Gasteiger partial charge in [0.05, 0.1) is 5.69 Å². The molecular formula is C30H27N3O4. The number of aromatic nitrogens is 2. The Balaban J connectivity index is 1.45. The van der Waals surface area contributed by atoms with Gasteiger partial charge in [-0.25, -0.2) is 0 Å². The summed E-state index contributed by atoms with van der Waals surface area (Å²) in [6, 6.07) is 23.7. The number of carboxylic acid groups (broad SMARTS) is 1. The Hall–Kier alpha value is -4.78. The minimum absolute atomic E-state index is 0.0310. The minimum Gasteiger partial charge on any atom is -0.480 e. The van der Waals surface area contributed by atoms with Gasteiger partial charge in [0.2, 0.25) is 5.78 Å². The highest BCUT2D eigenvalue weighted by molar-refractivity contribution is 6.08. The smallest absolute Gasteiger partial charge is 0.323 e. The maximum atomic E-state index is 12.9. The van der Waals surface area contributed by atoms with E-state index in [4.69, 9.17) is 0 Å². The summed E-state index contributed by atoms with van der Waals surface area (Å²) < 4.78 is 1.89. The molecule has 2 aromatic heterocycles. The van der Waals surface area contributed by atoms with Crippen LogP contribution in [0.5, 0.6) is 0 Å². The summed E-state index contributed by atoms with van der Waals surface area (Å²) in [5.74, 6) is -1.57. The SMILES string of the molecule is Cc1ccc(C(=O)c2cccn2C/C=C/c2cccc(CN(CC(=O)O)C(=O)c3ccccn3)c2)cc1. The highest BCUT2D eigenvalue weighted by Gasteiger charge is 2.20. The molecule has 4 rings (SSSR count). The van der Waals surface area contributed by atoms with Crippen molar-refractivity contribution in [3.8, 4) is 0 Å². The normalized spacial score (nSPS) is 10.9. The van der Waals surface area contributed by atoms with Crippen LogP contribution in [0, 0.1) is 6.92 Å². The quantitative estimate of drug-likeness (QED) is 0.319. The van der Waals surface area contributed by atoms with Gasteiger partial charge < -0.3 is 14.6 Å². The van der Waals surface area contributed by atoms with Crippen molar-refractivity contribution in [1.82, 2.24) is 14.5 Å². The molecule has 2 aromatic carbocycles. The van der Waals surface area contributed by atoms with Crippen LogP contribution in [0.4, 0.5) is 0 Å². The van der Waals surface area contributed by atoms with E-state index in [0.29, 0.717) is 17.8 Å². The highest BCUT2D eigenvalue weighted by atomic mass is 16.4. The first kappa shape index (κ1) is 25.3. The van der Waals surface area contributed by atoms with Gasteiger partial charge in [0.1, 0.15) is 12.2 Å². The second-order valence-electron chi connectivity index (χ2n) is 8.66. The molecule has 7 nitrogen and oxygen atoms in total. The number of aliphatic carboxylic acids is 1. The van der Waals surface area contributed by atoms with Crippen molar-refractivity contribution in [3.63, 3.8) is 0 Å². The largest absolute Gasteiger partial charge is 0.480 e. The van der Waals surface area contributed by atoms with E-state index in [1.807, 2.05) is 90.5 Å². The van der Waals surface area contributed by atoms with Crippen LogP contribution in [0.15, 0.2) is 97.3 Å². The van der Waals surface area contributed by atoms with Crippen molar-refractivity contribution >= 4 is 23.7 Å². The van der Waals surface area contributed by atoms with Crippen LogP contribution in [0.2, 0.25) is 0 Å². The first-order valence-electron chi connectivity index (χ1n) is 11.8. The maximum Gasteiger partial charge on any atom is 0.323 e. The summed E-state index contributed by atoms with van der Waals surface area (Å²) in [5.41, 5.74) is 4.25. The summed E-state index contributed by atoms with van der Waals surface area (Å²) in [4.78, 5) is 42.5. The zero-order valence-electron chi connectivity index (χ0n) is 20.4. The van der Waals surface area contributed by atoms with Crippen LogP contribution in [0.25, 0.3) is 6.08 Å². The highest BCUT2D eigenvalue weighted by Crippen LogP contribution is 2.15. The first-order chi connectivity index (χ1) is 17.9. The molecule has 0 spiro atoms. The summed E-state index contributed by atoms with van der Waals surface area (Å²) in [5, 5.41) is 9.31. The number of hydrogen-bond acceptors (Lipinski definition) is 4. The van der Waals surface area contributed by atoms with Crippen molar-refractivity contribution in [3.05, 3.63) is 131 Å². The van der Waals surface area contributed by atoms with Crippen LogP contribution in [-0.4, -0.2) is 43.8 Å². The lowest BCUT2D eigenvalue weighted by atomic mass is 10.1. The second kappa shape index (κ2) is 11.8. The summed E-state index contributed by atoms with van der Waals surface area (Å²) in [6.45, 7) is 2.20.